The van der Waals surface area contributed by atoms with Crippen LogP contribution in [0.15, 0.2) is 24.3 Å². The first kappa shape index (κ1) is 14.9. The molecule has 2 rings (SSSR count). The van der Waals surface area contributed by atoms with Gasteiger partial charge in [-0.05, 0) is 12.5 Å². The molecule has 1 unspecified atom stereocenters. The van der Waals surface area contributed by atoms with Crippen LogP contribution in [0.2, 0.25) is 0 Å². The van der Waals surface area contributed by atoms with Crippen molar-refractivity contribution in [2.75, 3.05) is 18.1 Å². The summed E-state index contributed by atoms with van der Waals surface area (Å²) in [6.07, 6.45) is 0.393. The predicted octanol–water partition coefficient (Wildman–Crippen LogP) is 0.899. The highest BCUT2D eigenvalue weighted by molar-refractivity contribution is 7.91. The number of carboxylic acid groups (broad SMARTS) is 1. The van der Waals surface area contributed by atoms with Gasteiger partial charge < -0.3 is 5.11 Å². The molecule has 0 amide bonds. The molecule has 0 aromatic heterocycles. The minimum Gasteiger partial charge on any atom is -0.480 e. The number of hydrogen-bond donors (Lipinski definition) is 1. The van der Waals surface area contributed by atoms with E-state index in [9.17, 15) is 17.6 Å². The molecule has 0 bridgehead atoms. The summed E-state index contributed by atoms with van der Waals surface area (Å²) in [7, 11) is -3.11. The Morgan fingerprint density at radius 3 is 2.65 bits per heavy atom. The molecule has 1 aliphatic rings. The molecule has 1 heterocycles. The zero-order valence-corrected chi connectivity index (χ0v) is 11.6. The average Bonchev–Trinajstić information content (AvgIpc) is 2.71. The fourth-order valence-corrected chi connectivity index (χ4v) is 4.16. The minimum absolute atomic E-state index is 0.0606. The Kier molecular flexibility index (Phi) is 4.39. The highest BCUT2D eigenvalue weighted by Crippen LogP contribution is 2.20. The van der Waals surface area contributed by atoms with Gasteiger partial charge >= 0.3 is 5.97 Å². The number of aliphatic carboxylic acids is 1. The van der Waals surface area contributed by atoms with Crippen LogP contribution in [0.25, 0.3) is 0 Å². The Morgan fingerprint density at radius 2 is 2.10 bits per heavy atom. The number of hydrogen-bond acceptors (Lipinski definition) is 4. The van der Waals surface area contributed by atoms with E-state index in [0.29, 0.717) is 12.0 Å². The molecule has 5 nitrogen and oxygen atoms in total. The summed E-state index contributed by atoms with van der Waals surface area (Å²) in [6, 6.07) is 5.74. The SMILES string of the molecule is O=C(O)CN(Cc1ccccc1F)C1CCS(=O)(=O)C1. The first-order valence-electron chi connectivity index (χ1n) is 6.27. The van der Waals surface area contributed by atoms with E-state index in [-0.39, 0.29) is 30.6 Å². The normalized spacial score (nSPS) is 21.2. The van der Waals surface area contributed by atoms with Gasteiger partial charge in [-0.25, -0.2) is 12.8 Å². The number of benzene rings is 1. The number of rotatable bonds is 5. The van der Waals surface area contributed by atoms with Gasteiger partial charge in [0.15, 0.2) is 9.84 Å². The van der Waals surface area contributed by atoms with Crippen LogP contribution in [0.5, 0.6) is 0 Å². The first-order valence-corrected chi connectivity index (χ1v) is 8.09. The number of halogens is 1. The fourth-order valence-electron chi connectivity index (χ4n) is 2.40. The van der Waals surface area contributed by atoms with Gasteiger partial charge in [0.05, 0.1) is 18.1 Å². The summed E-state index contributed by atoms with van der Waals surface area (Å²) >= 11 is 0. The maximum atomic E-state index is 13.6. The Balaban J connectivity index is 2.16. The lowest BCUT2D eigenvalue weighted by molar-refractivity contribution is -0.139. The summed E-state index contributed by atoms with van der Waals surface area (Å²) in [5.74, 6) is -1.46. The number of carboxylic acids is 1. The van der Waals surface area contributed by atoms with Crippen molar-refractivity contribution < 1.29 is 22.7 Å². The lowest BCUT2D eigenvalue weighted by atomic mass is 10.1. The van der Waals surface area contributed by atoms with E-state index in [1.807, 2.05) is 0 Å². The molecular formula is C13H16FNO4S. The van der Waals surface area contributed by atoms with Crippen LogP contribution in [0.1, 0.15) is 12.0 Å². The second-order valence-corrected chi connectivity index (χ2v) is 7.18. The van der Waals surface area contributed by atoms with E-state index in [2.05, 4.69) is 0 Å². The molecule has 1 aliphatic heterocycles. The van der Waals surface area contributed by atoms with Crippen LogP contribution < -0.4 is 0 Å². The first-order chi connectivity index (χ1) is 9.37. The Morgan fingerprint density at radius 1 is 1.40 bits per heavy atom. The van der Waals surface area contributed by atoms with Crippen molar-refractivity contribution in [2.45, 2.75) is 19.0 Å². The second-order valence-electron chi connectivity index (χ2n) is 4.95. The molecule has 1 atom stereocenters. The Hall–Kier alpha value is -1.47. The quantitative estimate of drug-likeness (QED) is 0.874. The van der Waals surface area contributed by atoms with E-state index in [1.165, 1.54) is 11.0 Å². The molecule has 7 heteroatoms. The summed E-state index contributed by atoms with van der Waals surface area (Å²) in [4.78, 5) is 12.4. The van der Waals surface area contributed by atoms with Gasteiger partial charge in [-0.1, -0.05) is 18.2 Å². The Bertz CT molecular complexity index is 602. The van der Waals surface area contributed by atoms with Crippen LogP contribution >= 0.6 is 0 Å². The van der Waals surface area contributed by atoms with Crippen LogP contribution in [0, 0.1) is 5.82 Å². The van der Waals surface area contributed by atoms with E-state index in [1.54, 1.807) is 18.2 Å². The summed E-state index contributed by atoms with van der Waals surface area (Å²) in [5, 5.41) is 8.94. The topological polar surface area (TPSA) is 74.7 Å². The molecule has 0 radical (unpaired) electrons. The zero-order valence-electron chi connectivity index (χ0n) is 10.8. The van der Waals surface area contributed by atoms with Crippen LogP contribution in [0.3, 0.4) is 0 Å². The molecule has 1 N–H and O–H groups in total. The van der Waals surface area contributed by atoms with Crippen molar-refractivity contribution in [3.63, 3.8) is 0 Å². The van der Waals surface area contributed by atoms with E-state index >= 15 is 0 Å². The average molecular weight is 301 g/mol. The van der Waals surface area contributed by atoms with E-state index in [0.717, 1.165) is 0 Å². The predicted molar refractivity (Wildman–Crippen MR) is 71.5 cm³/mol. The van der Waals surface area contributed by atoms with Crippen molar-refractivity contribution in [3.05, 3.63) is 35.6 Å². The van der Waals surface area contributed by atoms with E-state index < -0.39 is 21.6 Å². The molecule has 1 saturated heterocycles. The lowest BCUT2D eigenvalue weighted by Gasteiger charge is -2.26. The fraction of sp³-hybridized carbons (Fsp3) is 0.462. The van der Waals surface area contributed by atoms with Crippen LogP contribution in [-0.4, -0.2) is 48.5 Å². The highest BCUT2D eigenvalue weighted by Gasteiger charge is 2.33. The molecule has 1 aromatic rings. The molecule has 0 saturated carbocycles. The molecule has 20 heavy (non-hydrogen) atoms. The minimum atomic E-state index is -3.11. The largest absolute Gasteiger partial charge is 0.480 e. The van der Waals surface area contributed by atoms with Gasteiger partial charge in [-0.15, -0.1) is 0 Å². The standard InChI is InChI=1S/C13H16FNO4S/c14-12-4-2-1-3-10(12)7-15(8-13(16)17)11-5-6-20(18,19)9-11/h1-4,11H,5-9H2,(H,16,17). The third-order valence-corrected chi connectivity index (χ3v) is 5.14. The van der Waals surface area contributed by atoms with Crippen molar-refractivity contribution in [3.8, 4) is 0 Å². The van der Waals surface area contributed by atoms with E-state index in [4.69, 9.17) is 5.11 Å². The van der Waals surface area contributed by atoms with Gasteiger partial charge in [-0.3, -0.25) is 9.69 Å². The number of nitrogens with zero attached hydrogens (tertiary/aromatic N) is 1. The third kappa shape index (κ3) is 3.77. The third-order valence-electron chi connectivity index (χ3n) is 3.39. The Labute approximate surface area is 116 Å². The monoisotopic (exact) mass is 301 g/mol. The van der Waals surface area contributed by atoms with Gasteiger partial charge in [0, 0.05) is 18.2 Å². The number of sulfone groups is 1. The summed E-state index contributed by atoms with van der Waals surface area (Å²) in [5.41, 5.74) is 0.373. The molecular weight excluding hydrogens is 285 g/mol. The number of carbonyl (C=O) groups is 1. The molecule has 0 spiro atoms. The molecule has 110 valence electrons. The van der Waals surface area contributed by atoms with Crippen molar-refractivity contribution in [1.29, 1.82) is 0 Å². The zero-order chi connectivity index (χ0) is 14.8. The smallest absolute Gasteiger partial charge is 0.317 e. The lowest BCUT2D eigenvalue weighted by Crippen LogP contribution is -2.39. The van der Waals surface area contributed by atoms with Crippen molar-refractivity contribution >= 4 is 15.8 Å². The molecule has 1 fully saturated rings. The second kappa shape index (κ2) is 5.88. The van der Waals surface area contributed by atoms with Crippen molar-refractivity contribution in [2.24, 2.45) is 0 Å². The van der Waals surface area contributed by atoms with Crippen molar-refractivity contribution in [1.82, 2.24) is 4.90 Å². The molecule has 0 aliphatic carbocycles. The summed E-state index contributed by atoms with van der Waals surface area (Å²) < 4.78 is 36.6. The van der Waals surface area contributed by atoms with Gasteiger partial charge in [0.25, 0.3) is 0 Å². The summed E-state index contributed by atoms with van der Waals surface area (Å²) in [6.45, 7) is -0.201. The maximum Gasteiger partial charge on any atom is 0.317 e. The highest BCUT2D eigenvalue weighted by atomic mass is 32.2. The van der Waals surface area contributed by atoms with Gasteiger partial charge in [-0.2, -0.15) is 0 Å². The van der Waals surface area contributed by atoms with Crippen LogP contribution in [-0.2, 0) is 21.2 Å². The molecule has 1 aromatic carbocycles. The maximum absolute atomic E-state index is 13.6. The van der Waals surface area contributed by atoms with Gasteiger partial charge in [0.1, 0.15) is 5.82 Å². The van der Waals surface area contributed by atoms with Crippen LogP contribution in [0.4, 0.5) is 4.39 Å². The van der Waals surface area contributed by atoms with Gasteiger partial charge in [0.2, 0.25) is 0 Å².